The highest BCUT2D eigenvalue weighted by Crippen LogP contribution is 2.34. The molecule has 1 heterocycles. The maximum absolute atomic E-state index is 12.2. The zero-order valence-corrected chi connectivity index (χ0v) is 11.9. The minimum Gasteiger partial charge on any atom is -0.496 e. The van der Waals surface area contributed by atoms with Gasteiger partial charge in [0.2, 0.25) is 0 Å². The van der Waals surface area contributed by atoms with Gasteiger partial charge in [-0.25, -0.2) is 16.8 Å². The lowest BCUT2D eigenvalue weighted by atomic mass is 10.1. The van der Waals surface area contributed by atoms with Crippen LogP contribution >= 0.6 is 0 Å². The number of para-hydroxylation sites is 1. The summed E-state index contributed by atoms with van der Waals surface area (Å²) in [5, 5.41) is -0.137. The summed E-state index contributed by atoms with van der Waals surface area (Å²) in [6.07, 6.45) is 1.18. The van der Waals surface area contributed by atoms with Crippen molar-refractivity contribution in [3.63, 3.8) is 0 Å². The molecule has 2 rings (SSSR count). The first-order valence-corrected chi connectivity index (χ1v) is 9.02. The molecule has 19 heavy (non-hydrogen) atoms. The maximum Gasteiger partial charge on any atom is 0.179 e. The molecular weight excluding hydrogens is 288 g/mol. The number of hydrogen-bond donors (Lipinski definition) is 0. The highest BCUT2D eigenvalue weighted by atomic mass is 32.2. The van der Waals surface area contributed by atoms with Crippen LogP contribution in [-0.4, -0.2) is 35.5 Å². The number of sulfone groups is 2. The molecule has 0 amide bonds. The molecule has 0 saturated carbocycles. The molecule has 1 aromatic rings. The van der Waals surface area contributed by atoms with E-state index in [0.29, 0.717) is 11.3 Å². The average molecular weight is 302 g/mol. The summed E-state index contributed by atoms with van der Waals surface area (Å²) in [7, 11) is -5.67. The number of hydrogen-bond acceptors (Lipinski definition) is 5. The number of methoxy groups -OCH3 is 1. The number of rotatable bonds is 2. The van der Waals surface area contributed by atoms with Crippen molar-refractivity contribution in [2.45, 2.75) is 5.25 Å². The third kappa shape index (κ3) is 2.98. The summed E-state index contributed by atoms with van der Waals surface area (Å²) in [4.78, 5) is 0. The minimum atomic E-state index is -3.66. The third-order valence-electron chi connectivity index (χ3n) is 2.92. The molecule has 0 aromatic heterocycles. The highest BCUT2D eigenvalue weighted by molar-refractivity contribution is 7.97. The molecular formula is C12H14O5S2. The van der Waals surface area contributed by atoms with Crippen LogP contribution in [0, 0.1) is 0 Å². The topological polar surface area (TPSA) is 77.5 Å². The van der Waals surface area contributed by atoms with Crippen LogP contribution in [-0.2, 0) is 19.7 Å². The van der Waals surface area contributed by atoms with Crippen molar-refractivity contribution in [3.05, 3.63) is 41.3 Å². The molecule has 0 saturated heterocycles. The third-order valence-corrected chi connectivity index (χ3v) is 6.46. The monoisotopic (exact) mass is 302 g/mol. The van der Waals surface area contributed by atoms with Gasteiger partial charge in [0.15, 0.2) is 19.7 Å². The van der Waals surface area contributed by atoms with Gasteiger partial charge in [-0.05, 0) is 6.07 Å². The Bertz CT molecular complexity index is 701. The molecule has 1 aliphatic heterocycles. The van der Waals surface area contributed by atoms with Crippen molar-refractivity contribution in [1.82, 2.24) is 0 Å². The Morgan fingerprint density at radius 1 is 1.16 bits per heavy atom. The van der Waals surface area contributed by atoms with E-state index < -0.39 is 30.7 Å². The van der Waals surface area contributed by atoms with Gasteiger partial charge in [-0.1, -0.05) is 24.3 Å². The summed E-state index contributed by atoms with van der Waals surface area (Å²) in [5.74, 6) is -0.304. The summed E-state index contributed by atoms with van der Waals surface area (Å²) < 4.78 is 53.0. The van der Waals surface area contributed by atoms with Gasteiger partial charge in [0.05, 0.1) is 18.6 Å². The molecule has 1 unspecified atom stereocenters. The van der Waals surface area contributed by atoms with Gasteiger partial charge in [0, 0.05) is 11.0 Å². The van der Waals surface area contributed by atoms with Gasteiger partial charge in [0.25, 0.3) is 0 Å². The Hall–Kier alpha value is -1.34. The van der Waals surface area contributed by atoms with E-state index in [9.17, 15) is 16.8 Å². The summed E-state index contributed by atoms with van der Waals surface area (Å²) in [6.45, 7) is 0. The fourth-order valence-electron chi connectivity index (χ4n) is 2.01. The summed E-state index contributed by atoms with van der Waals surface area (Å²) in [6, 6.07) is 6.56. The molecule has 0 fully saturated rings. The Morgan fingerprint density at radius 2 is 1.84 bits per heavy atom. The van der Waals surface area contributed by atoms with Crippen LogP contribution in [0.5, 0.6) is 5.75 Å². The number of ether oxygens (including phenoxy) is 1. The van der Waals surface area contributed by atoms with Crippen LogP contribution in [0.4, 0.5) is 0 Å². The van der Waals surface area contributed by atoms with E-state index in [4.69, 9.17) is 4.74 Å². The molecule has 0 bridgehead atoms. The Morgan fingerprint density at radius 3 is 2.53 bits per heavy atom. The van der Waals surface area contributed by atoms with E-state index in [1.165, 1.54) is 13.2 Å². The maximum atomic E-state index is 12.2. The molecule has 1 aliphatic rings. The summed E-state index contributed by atoms with van der Waals surface area (Å²) in [5.41, 5.74) is 0.375. The molecule has 7 heteroatoms. The van der Waals surface area contributed by atoms with Crippen LogP contribution in [0.2, 0.25) is 0 Å². The first-order valence-electron chi connectivity index (χ1n) is 5.59. The fourth-order valence-corrected chi connectivity index (χ4v) is 5.78. The second kappa shape index (κ2) is 4.97. The van der Waals surface area contributed by atoms with Crippen LogP contribution in [0.3, 0.4) is 0 Å². The second-order valence-electron chi connectivity index (χ2n) is 4.27. The van der Waals surface area contributed by atoms with Crippen molar-refractivity contribution in [3.8, 4) is 5.75 Å². The first-order chi connectivity index (χ1) is 8.86. The zero-order valence-electron chi connectivity index (χ0n) is 10.3. The molecule has 1 aromatic carbocycles. The van der Waals surface area contributed by atoms with Crippen molar-refractivity contribution in [1.29, 1.82) is 0 Å². The van der Waals surface area contributed by atoms with Gasteiger partial charge >= 0.3 is 0 Å². The summed E-state index contributed by atoms with van der Waals surface area (Å²) >= 11 is 0. The Balaban J connectivity index is 2.60. The van der Waals surface area contributed by atoms with E-state index in [2.05, 4.69) is 0 Å². The van der Waals surface area contributed by atoms with Crippen LogP contribution in [0.25, 0.3) is 0 Å². The van der Waals surface area contributed by atoms with E-state index in [1.807, 2.05) is 0 Å². The molecule has 0 aliphatic carbocycles. The smallest absolute Gasteiger partial charge is 0.179 e. The van der Waals surface area contributed by atoms with Gasteiger partial charge in [-0.2, -0.15) is 0 Å². The van der Waals surface area contributed by atoms with E-state index in [-0.39, 0.29) is 5.75 Å². The van der Waals surface area contributed by atoms with E-state index >= 15 is 0 Å². The Kier molecular flexibility index (Phi) is 3.69. The molecule has 0 spiro atoms. The highest BCUT2D eigenvalue weighted by Gasteiger charge is 2.34. The minimum absolute atomic E-state index is 0.252. The lowest BCUT2D eigenvalue weighted by Crippen LogP contribution is -2.20. The first kappa shape index (κ1) is 14.1. The molecule has 1 atom stereocenters. The lowest BCUT2D eigenvalue weighted by molar-refractivity contribution is 0.409. The van der Waals surface area contributed by atoms with Crippen molar-refractivity contribution in [2.24, 2.45) is 0 Å². The van der Waals surface area contributed by atoms with Crippen molar-refractivity contribution >= 4 is 19.7 Å². The second-order valence-corrected chi connectivity index (χ2v) is 8.44. The average Bonchev–Trinajstić information content (AvgIpc) is 2.45. The van der Waals surface area contributed by atoms with Gasteiger partial charge < -0.3 is 4.74 Å². The predicted molar refractivity (Wildman–Crippen MR) is 72.4 cm³/mol. The Labute approximate surface area is 112 Å². The van der Waals surface area contributed by atoms with E-state index in [0.717, 1.165) is 5.41 Å². The van der Waals surface area contributed by atoms with Gasteiger partial charge in [-0.15, -0.1) is 0 Å². The zero-order chi connectivity index (χ0) is 14.1. The molecule has 0 N–H and O–H groups in total. The molecule has 0 radical (unpaired) electrons. The van der Waals surface area contributed by atoms with Crippen LogP contribution in [0.1, 0.15) is 10.8 Å². The SMILES string of the molecule is COc1ccccc1C1CS(=O)(=O)CC=CS1(=O)=O. The standard InChI is InChI=1S/C12H14O5S2/c1-17-11-6-3-2-5-10(11)12-9-18(13,14)7-4-8-19(12,15)16/h2-6,8,12H,7,9H2,1H3. The number of benzene rings is 1. The van der Waals surface area contributed by atoms with E-state index in [1.54, 1.807) is 24.3 Å². The van der Waals surface area contributed by atoms with Crippen LogP contribution in [0.15, 0.2) is 35.7 Å². The van der Waals surface area contributed by atoms with Crippen molar-refractivity contribution < 1.29 is 21.6 Å². The van der Waals surface area contributed by atoms with Gasteiger partial charge in [-0.3, -0.25) is 0 Å². The molecule has 5 nitrogen and oxygen atoms in total. The normalized spacial score (nSPS) is 24.6. The van der Waals surface area contributed by atoms with Crippen molar-refractivity contribution in [2.75, 3.05) is 18.6 Å². The van der Waals surface area contributed by atoms with Crippen LogP contribution < -0.4 is 4.74 Å². The molecule has 104 valence electrons. The quantitative estimate of drug-likeness (QED) is 0.817. The van der Waals surface area contributed by atoms with Gasteiger partial charge in [0.1, 0.15) is 11.0 Å². The largest absolute Gasteiger partial charge is 0.496 e. The predicted octanol–water partition coefficient (Wildman–Crippen LogP) is 1.09. The fraction of sp³-hybridized carbons (Fsp3) is 0.333. The lowest BCUT2D eigenvalue weighted by Gasteiger charge is -2.16.